The maximum atomic E-state index is 9.25. The average Bonchev–Trinajstić information content (AvgIpc) is 2.93. The van der Waals surface area contributed by atoms with Crippen LogP contribution in [0, 0.1) is 0 Å². The summed E-state index contributed by atoms with van der Waals surface area (Å²) in [5.41, 5.74) is 0.905. The minimum Gasteiger partial charge on any atom is -0.497 e. The molecular weight excluding hydrogens is 266 g/mol. The van der Waals surface area contributed by atoms with Crippen LogP contribution in [0.4, 0.5) is 0 Å². The molecule has 0 radical (unpaired) electrons. The second-order valence-corrected chi connectivity index (χ2v) is 4.83. The summed E-state index contributed by atoms with van der Waals surface area (Å²) in [6.45, 7) is -0.261. The van der Waals surface area contributed by atoms with E-state index < -0.39 is 6.10 Å². The van der Waals surface area contributed by atoms with Crippen LogP contribution in [0.1, 0.15) is 0 Å². The Bertz CT molecular complexity index is 515. The highest BCUT2D eigenvalue weighted by atomic mass is 32.2. The molecule has 102 valence electrons. The molecule has 1 atom stereocenters. The van der Waals surface area contributed by atoms with Gasteiger partial charge < -0.3 is 14.9 Å². The lowest BCUT2D eigenvalue weighted by Crippen LogP contribution is -2.14. The number of aliphatic hydroxyl groups excluding tert-OH is 2. The van der Waals surface area contributed by atoms with E-state index in [1.165, 1.54) is 11.8 Å². The molecule has 0 fully saturated rings. The smallest absolute Gasteiger partial charge is 0.208 e. The number of hydrogen-bond donors (Lipinski definition) is 3. The Kier molecular flexibility index (Phi) is 4.78. The number of H-pyrrole nitrogens is 1. The maximum Gasteiger partial charge on any atom is 0.208 e. The lowest BCUT2D eigenvalue weighted by atomic mass is 10.2. The normalized spacial score (nSPS) is 12.4. The third kappa shape index (κ3) is 3.69. The second kappa shape index (κ2) is 6.55. The van der Waals surface area contributed by atoms with E-state index in [9.17, 15) is 5.11 Å². The van der Waals surface area contributed by atoms with Crippen molar-refractivity contribution in [3.63, 3.8) is 0 Å². The third-order valence-electron chi connectivity index (χ3n) is 2.44. The first-order valence-electron chi connectivity index (χ1n) is 5.71. The SMILES string of the molecule is COc1ccc(-c2nc(SCC(O)CO)n[nH]2)cc1. The molecule has 3 N–H and O–H groups in total. The zero-order chi connectivity index (χ0) is 13.7. The molecule has 0 aliphatic carbocycles. The summed E-state index contributed by atoms with van der Waals surface area (Å²) in [4.78, 5) is 4.30. The van der Waals surface area contributed by atoms with Crippen molar-refractivity contribution in [2.45, 2.75) is 11.3 Å². The first kappa shape index (κ1) is 13.9. The van der Waals surface area contributed by atoms with Crippen molar-refractivity contribution in [1.82, 2.24) is 15.2 Å². The van der Waals surface area contributed by atoms with Gasteiger partial charge in [0, 0.05) is 11.3 Å². The van der Waals surface area contributed by atoms with Crippen LogP contribution in [0.25, 0.3) is 11.4 Å². The standard InChI is InChI=1S/C12H15N3O3S/c1-18-10-4-2-8(3-5-10)11-13-12(15-14-11)19-7-9(17)6-16/h2-5,9,16-17H,6-7H2,1H3,(H,13,14,15). The Hall–Kier alpha value is -1.57. The van der Waals surface area contributed by atoms with Crippen molar-refractivity contribution in [3.05, 3.63) is 24.3 Å². The highest BCUT2D eigenvalue weighted by molar-refractivity contribution is 7.99. The van der Waals surface area contributed by atoms with Crippen LogP contribution in [-0.2, 0) is 0 Å². The van der Waals surface area contributed by atoms with E-state index in [0.717, 1.165) is 11.3 Å². The Morgan fingerprint density at radius 2 is 2.11 bits per heavy atom. The molecule has 0 saturated heterocycles. The number of rotatable bonds is 6. The molecule has 0 saturated carbocycles. The number of methoxy groups -OCH3 is 1. The molecule has 0 bridgehead atoms. The number of ether oxygens (including phenoxy) is 1. The number of aromatic amines is 1. The highest BCUT2D eigenvalue weighted by Crippen LogP contribution is 2.21. The predicted molar refractivity (Wildman–Crippen MR) is 72.2 cm³/mol. The van der Waals surface area contributed by atoms with Gasteiger partial charge in [0.05, 0.1) is 19.8 Å². The number of aliphatic hydroxyl groups is 2. The molecule has 0 aliphatic heterocycles. The van der Waals surface area contributed by atoms with Gasteiger partial charge in [0.2, 0.25) is 5.16 Å². The highest BCUT2D eigenvalue weighted by Gasteiger charge is 2.09. The van der Waals surface area contributed by atoms with Gasteiger partial charge in [-0.05, 0) is 24.3 Å². The summed E-state index contributed by atoms with van der Waals surface area (Å²) < 4.78 is 5.09. The van der Waals surface area contributed by atoms with E-state index in [1.54, 1.807) is 7.11 Å². The van der Waals surface area contributed by atoms with Crippen LogP contribution in [0.5, 0.6) is 5.75 Å². The van der Waals surface area contributed by atoms with Gasteiger partial charge in [-0.3, -0.25) is 5.10 Å². The summed E-state index contributed by atoms with van der Waals surface area (Å²) in [5, 5.41) is 25.4. The van der Waals surface area contributed by atoms with Crippen molar-refractivity contribution >= 4 is 11.8 Å². The number of aromatic nitrogens is 3. The molecule has 1 aromatic carbocycles. The third-order valence-corrected chi connectivity index (χ3v) is 3.44. The van der Waals surface area contributed by atoms with Crippen LogP contribution >= 0.6 is 11.8 Å². The van der Waals surface area contributed by atoms with Crippen molar-refractivity contribution in [2.75, 3.05) is 19.5 Å². The van der Waals surface area contributed by atoms with Gasteiger partial charge in [0.1, 0.15) is 5.75 Å². The summed E-state index contributed by atoms with van der Waals surface area (Å²) in [7, 11) is 1.62. The summed E-state index contributed by atoms with van der Waals surface area (Å²) in [6, 6.07) is 7.47. The Labute approximate surface area is 114 Å². The molecule has 1 unspecified atom stereocenters. The van der Waals surface area contributed by atoms with E-state index in [4.69, 9.17) is 9.84 Å². The van der Waals surface area contributed by atoms with E-state index >= 15 is 0 Å². The molecule has 0 amide bonds. The van der Waals surface area contributed by atoms with Crippen LogP contribution < -0.4 is 4.74 Å². The summed E-state index contributed by atoms with van der Waals surface area (Å²) in [5.74, 6) is 1.80. The van der Waals surface area contributed by atoms with E-state index in [-0.39, 0.29) is 6.61 Å². The van der Waals surface area contributed by atoms with Gasteiger partial charge in [0.25, 0.3) is 0 Å². The molecule has 6 nitrogen and oxygen atoms in total. The van der Waals surface area contributed by atoms with Crippen molar-refractivity contribution < 1.29 is 14.9 Å². The van der Waals surface area contributed by atoms with Crippen LogP contribution in [0.15, 0.2) is 29.4 Å². The minimum atomic E-state index is -0.757. The lowest BCUT2D eigenvalue weighted by molar-refractivity contribution is 0.113. The van der Waals surface area contributed by atoms with Gasteiger partial charge in [-0.25, -0.2) is 4.98 Å². The molecular formula is C12H15N3O3S. The average molecular weight is 281 g/mol. The van der Waals surface area contributed by atoms with Crippen LogP contribution in [0.2, 0.25) is 0 Å². The minimum absolute atomic E-state index is 0.261. The van der Waals surface area contributed by atoms with Crippen molar-refractivity contribution in [3.8, 4) is 17.1 Å². The van der Waals surface area contributed by atoms with E-state index in [2.05, 4.69) is 15.2 Å². The molecule has 2 aromatic rings. The quantitative estimate of drug-likeness (QED) is 0.682. The number of hydrogen-bond acceptors (Lipinski definition) is 6. The molecule has 19 heavy (non-hydrogen) atoms. The van der Waals surface area contributed by atoms with E-state index in [0.29, 0.717) is 16.7 Å². The van der Waals surface area contributed by atoms with Gasteiger partial charge in [-0.2, -0.15) is 0 Å². The molecule has 1 heterocycles. The molecule has 0 spiro atoms. The predicted octanol–water partition coefficient (Wildman–Crippen LogP) is 0.926. The van der Waals surface area contributed by atoms with Crippen molar-refractivity contribution in [2.24, 2.45) is 0 Å². The summed E-state index contributed by atoms with van der Waals surface area (Å²) in [6.07, 6.45) is -0.757. The van der Waals surface area contributed by atoms with Gasteiger partial charge in [-0.15, -0.1) is 5.10 Å². The molecule has 0 aliphatic rings. The fraction of sp³-hybridized carbons (Fsp3) is 0.333. The molecule has 7 heteroatoms. The first-order chi connectivity index (χ1) is 9.22. The van der Waals surface area contributed by atoms with Crippen LogP contribution in [-0.4, -0.2) is 51.0 Å². The Balaban J connectivity index is 2.03. The monoisotopic (exact) mass is 281 g/mol. The molecule has 2 rings (SSSR count). The lowest BCUT2D eigenvalue weighted by Gasteiger charge is -2.02. The maximum absolute atomic E-state index is 9.25. The fourth-order valence-electron chi connectivity index (χ4n) is 1.41. The fourth-order valence-corrected chi connectivity index (χ4v) is 2.13. The number of nitrogens with zero attached hydrogens (tertiary/aromatic N) is 2. The summed E-state index contributed by atoms with van der Waals surface area (Å²) >= 11 is 1.29. The zero-order valence-corrected chi connectivity index (χ0v) is 11.2. The van der Waals surface area contributed by atoms with Gasteiger partial charge in [-0.1, -0.05) is 11.8 Å². The Morgan fingerprint density at radius 1 is 1.37 bits per heavy atom. The van der Waals surface area contributed by atoms with Gasteiger partial charge >= 0.3 is 0 Å². The van der Waals surface area contributed by atoms with Gasteiger partial charge in [0.15, 0.2) is 5.82 Å². The largest absolute Gasteiger partial charge is 0.497 e. The number of benzene rings is 1. The molecule has 1 aromatic heterocycles. The first-order valence-corrected chi connectivity index (χ1v) is 6.70. The zero-order valence-electron chi connectivity index (χ0n) is 10.4. The number of nitrogens with one attached hydrogen (secondary N) is 1. The Morgan fingerprint density at radius 3 is 2.74 bits per heavy atom. The topological polar surface area (TPSA) is 91.3 Å². The van der Waals surface area contributed by atoms with Crippen LogP contribution in [0.3, 0.4) is 0 Å². The number of thioether (sulfide) groups is 1. The van der Waals surface area contributed by atoms with E-state index in [1.807, 2.05) is 24.3 Å². The van der Waals surface area contributed by atoms with Crippen molar-refractivity contribution in [1.29, 1.82) is 0 Å². The second-order valence-electron chi connectivity index (χ2n) is 3.84.